The van der Waals surface area contributed by atoms with E-state index >= 15 is 0 Å². The van der Waals surface area contributed by atoms with Gasteiger partial charge in [-0.2, -0.15) is 0 Å². The lowest BCUT2D eigenvalue weighted by Gasteiger charge is -2.46. The van der Waals surface area contributed by atoms with Crippen LogP contribution in [0.5, 0.6) is 0 Å². The van der Waals surface area contributed by atoms with Crippen LogP contribution < -0.4 is 5.32 Å². The van der Waals surface area contributed by atoms with Gasteiger partial charge in [-0.15, -0.1) is 0 Å². The van der Waals surface area contributed by atoms with E-state index in [9.17, 15) is 45.6 Å². The fraction of sp³-hybridized carbons (Fsp3) is 0.955. The third kappa shape index (κ3) is 37.8. The van der Waals surface area contributed by atoms with Crippen molar-refractivity contribution in [1.82, 2.24) is 5.32 Å². The van der Waals surface area contributed by atoms with Crippen LogP contribution in [0.3, 0.4) is 0 Å². The van der Waals surface area contributed by atoms with Crippen molar-refractivity contribution >= 4 is 5.91 Å². The summed E-state index contributed by atoms with van der Waals surface area (Å²) in [6.45, 7) is 2.85. The summed E-state index contributed by atoms with van der Waals surface area (Å²) in [7, 11) is 0. The molecule has 0 aliphatic carbocycles. The average Bonchev–Trinajstić information content (AvgIpc) is 3.48. The highest BCUT2D eigenvalue weighted by molar-refractivity contribution is 5.76. The fourth-order valence-electron chi connectivity index (χ4n) is 11.7. The molecule has 9 N–H and O–H groups in total. The third-order valence-electron chi connectivity index (χ3n) is 17.2. The number of amides is 1. The zero-order chi connectivity index (χ0) is 58.8. The van der Waals surface area contributed by atoms with Gasteiger partial charge >= 0.3 is 0 Å². The van der Waals surface area contributed by atoms with Gasteiger partial charge in [-0.25, -0.2) is 0 Å². The molecule has 2 aliphatic heterocycles. The van der Waals surface area contributed by atoms with E-state index in [0.29, 0.717) is 6.42 Å². The van der Waals surface area contributed by atoms with Crippen LogP contribution >= 0.6 is 0 Å². The van der Waals surface area contributed by atoms with Crippen LogP contribution in [-0.2, 0) is 23.7 Å². The maximum Gasteiger partial charge on any atom is 0.220 e. The largest absolute Gasteiger partial charge is 0.394 e. The van der Waals surface area contributed by atoms with Gasteiger partial charge in [0.25, 0.3) is 0 Å². The molecule has 14 nitrogen and oxygen atoms in total. The van der Waals surface area contributed by atoms with Gasteiger partial charge in [-0.1, -0.05) is 302 Å². The summed E-state index contributed by atoms with van der Waals surface area (Å²) in [6.07, 6.45) is 47.0. The van der Waals surface area contributed by atoms with Crippen molar-refractivity contribution in [3.05, 3.63) is 12.2 Å². The van der Waals surface area contributed by atoms with Crippen molar-refractivity contribution in [3.63, 3.8) is 0 Å². The molecule has 81 heavy (non-hydrogen) atoms. The SMILES string of the molecule is CCCCCCCCCCCCCCCCCC/C=C/C(O)C(COC1OC(CO)C(OC2OC(CO)C(O)C(O)C2O)C(O)C1O)NC(=O)CCCCCCCCCCCCCCCCCCCCCCCCCCCCCCC. The summed E-state index contributed by atoms with van der Waals surface area (Å²) in [5.74, 6) is -0.231. The molecule has 0 aromatic rings. The summed E-state index contributed by atoms with van der Waals surface area (Å²) in [4.78, 5) is 13.3. The third-order valence-corrected chi connectivity index (χ3v) is 17.2. The summed E-state index contributed by atoms with van der Waals surface area (Å²) >= 11 is 0. The number of carbonyl (C=O) groups is 1. The summed E-state index contributed by atoms with van der Waals surface area (Å²) in [5.41, 5.74) is 0. The number of ether oxygens (including phenoxy) is 4. The second-order valence-corrected chi connectivity index (χ2v) is 24.7. The lowest BCUT2D eigenvalue weighted by molar-refractivity contribution is -0.359. The molecule has 2 aliphatic rings. The summed E-state index contributed by atoms with van der Waals surface area (Å²) in [5, 5.41) is 87.3. The number of aliphatic hydroxyl groups is 8. The first-order valence-corrected chi connectivity index (χ1v) is 34.4. The normalized spacial score (nSPS) is 24.1. The molecule has 0 aromatic carbocycles. The van der Waals surface area contributed by atoms with Gasteiger partial charge < -0.3 is 65.1 Å². The van der Waals surface area contributed by atoms with E-state index in [1.807, 2.05) is 6.08 Å². The van der Waals surface area contributed by atoms with Crippen molar-refractivity contribution in [2.24, 2.45) is 0 Å². The van der Waals surface area contributed by atoms with Gasteiger partial charge in [-0.05, 0) is 19.3 Å². The van der Waals surface area contributed by atoms with E-state index in [4.69, 9.17) is 18.9 Å². The molecule has 480 valence electrons. The minimum Gasteiger partial charge on any atom is -0.394 e. The van der Waals surface area contributed by atoms with Gasteiger partial charge in [0.05, 0.1) is 32.0 Å². The minimum absolute atomic E-state index is 0.231. The van der Waals surface area contributed by atoms with Gasteiger partial charge in [0.15, 0.2) is 12.6 Å². The number of hydrogen-bond acceptors (Lipinski definition) is 13. The highest BCUT2D eigenvalue weighted by Crippen LogP contribution is 2.30. The minimum atomic E-state index is -1.79. The number of rotatable bonds is 57. The van der Waals surface area contributed by atoms with E-state index < -0.39 is 86.8 Å². The first kappa shape index (κ1) is 75.8. The predicted octanol–water partition coefficient (Wildman–Crippen LogP) is 13.4. The lowest BCUT2D eigenvalue weighted by Crippen LogP contribution is -2.65. The van der Waals surface area contributed by atoms with E-state index in [-0.39, 0.29) is 18.9 Å². The predicted molar refractivity (Wildman–Crippen MR) is 328 cm³/mol. The smallest absolute Gasteiger partial charge is 0.220 e. The topological polar surface area (TPSA) is 228 Å². The number of hydrogen-bond donors (Lipinski definition) is 9. The number of allylic oxidation sites excluding steroid dienone is 1. The first-order valence-electron chi connectivity index (χ1n) is 34.4. The molecule has 0 saturated carbocycles. The highest BCUT2D eigenvalue weighted by Gasteiger charge is 2.51. The second kappa shape index (κ2) is 53.0. The van der Waals surface area contributed by atoms with Crippen molar-refractivity contribution < 1.29 is 64.6 Å². The molecule has 2 fully saturated rings. The van der Waals surface area contributed by atoms with Crippen molar-refractivity contribution in [3.8, 4) is 0 Å². The number of unbranched alkanes of at least 4 members (excludes halogenated alkanes) is 44. The van der Waals surface area contributed by atoms with E-state index in [2.05, 4.69) is 19.2 Å². The van der Waals surface area contributed by atoms with Gasteiger partial charge in [0, 0.05) is 6.42 Å². The molecule has 2 rings (SSSR count). The Kier molecular flexibility index (Phi) is 49.6. The Balaban J connectivity index is 1.66. The van der Waals surface area contributed by atoms with Gasteiger partial charge in [-0.3, -0.25) is 4.79 Å². The average molecular weight is 1160 g/mol. The standard InChI is InChI=1S/C67H129NO13/c1-3-5-7-9-11-13-15-17-19-21-23-24-25-26-27-28-29-30-31-32-33-35-37-39-41-43-45-47-49-51-59(72)68-55(56(71)50-48-46-44-42-40-38-36-34-22-20-18-16-14-12-10-8-6-4-2)54-78-66-64(77)62(75)65(58(53-70)80-66)81-67-63(76)61(74)60(73)57(52-69)79-67/h48,50,55-58,60-67,69-71,73-77H,3-47,49,51-54H2,1-2H3,(H,68,72)/b50-48+. The Morgan fingerprint density at radius 3 is 1.14 bits per heavy atom. The number of nitrogens with one attached hydrogen (secondary N) is 1. The molecule has 1 amide bonds. The van der Waals surface area contributed by atoms with Crippen LogP contribution in [0, 0.1) is 0 Å². The molecule has 2 saturated heterocycles. The maximum atomic E-state index is 13.3. The molecule has 12 unspecified atom stereocenters. The molecule has 14 heteroatoms. The van der Waals surface area contributed by atoms with Crippen LogP contribution in [0.2, 0.25) is 0 Å². The number of carbonyl (C=O) groups excluding carboxylic acids is 1. The van der Waals surface area contributed by atoms with Crippen molar-refractivity contribution in [2.75, 3.05) is 19.8 Å². The Labute approximate surface area is 495 Å². The molecular weight excluding hydrogens is 1030 g/mol. The van der Waals surface area contributed by atoms with Crippen LogP contribution in [-0.4, -0.2) is 140 Å². The van der Waals surface area contributed by atoms with E-state index in [1.54, 1.807) is 6.08 Å². The number of aliphatic hydroxyl groups excluding tert-OH is 8. The van der Waals surface area contributed by atoms with E-state index in [1.165, 1.54) is 250 Å². The van der Waals surface area contributed by atoms with Crippen LogP contribution in [0.15, 0.2) is 12.2 Å². The monoisotopic (exact) mass is 1160 g/mol. The molecular formula is C67H129NO13. The first-order chi connectivity index (χ1) is 39.6. The Bertz CT molecular complexity index is 1410. The molecule has 2 heterocycles. The van der Waals surface area contributed by atoms with E-state index in [0.717, 1.165) is 38.5 Å². The molecule has 12 atom stereocenters. The molecule has 0 bridgehead atoms. The van der Waals surface area contributed by atoms with Crippen molar-refractivity contribution in [2.45, 2.75) is 389 Å². The zero-order valence-electron chi connectivity index (χ0n) is 52.1. The fourth-order valence-corrected chi connectivity index (χ4v) is 11.7. The van der Waals surface area contributed by atoms with Crippen molar-refractivity contribution in [1.29, 1.82) is 0 Å². The summed E-state index contributed by atoms with van der Waals surface area (Å²) < 4.78 is 22.8. The van der Waals surface area contributed by atoms with Gasteiger partial charge in [0.1, 0.15) is 48.8 Å². The second-order valence-electron chi connectivity index (χ2n) is 24.7. The van der Waals surface area contributed by atoms with Crippen LogP contribution in [0.1, 0.15) is 316 Å². The Morgan fingerprint density at radius 2 is 0.765 bits per heavy atom. The molecule has 0 spiro atoms. The molecule has 0 radical (unpaired) electrons. The summed E-state index contributed by atoms with van der Waals surface area (Å²) in [6, 6.07) is -0.910. The molecule has 0 aromatic heterocycles. The highest BCUT2D eigenvalue weighted by atomic mass is 16.7. The maximum absolute atomic E-state index is 13.3. The zero-order valence-corrected chi connectivity index (χ0v) is 52.1. The Morgan fingerprint density at radius 1 is 0.432 bits per heavy atom. The Hall–Kier alpha value is -1.27. The lowest BCUT2D eigenvalue weighted by atomic mass is 9.97. The van der Waals surface area contributed by atoms with Gasteiger partial charge in [0.2, 0.25) is 5.91 Å². The van der Waals surface area contributed by atoms with Crippen LogP contribution in [0.4, 0.5) is 0 Å². The quantitative estimate of drug-likeness (QED) is 0.0204. The van der Waals surface area contributed by atoms with Crippen LogP contribution in [0.25, 0.3) is 0 Å².